The molecular weight excluding hydrogens is 206 g/mol. The molecule has 0 spiro atoms. The third kappa shape index (κ3) is 2.44. The van der Waals surface area contributed by atoms with E-state index in [-0.39, 0.29) is 0 Å². The van der Waals surface area contributed by atoms with Crippen molar-refractivity contribution in [2.24, 2.45) is 0 Å². The molecule has 0 heterocycles. The summed E-state index contributed by atoms with van der Waals surface area (Å²) in [5.74, 6) is 1.08. The van der Waals surface area contributed by atoms with Crippen LogP contribution >= 0.6 is 0 Å². The van der Waals surface area contributed by atoms with Crippen LogP contribution in [0.15, 0.2) is 12.1 Å². The lowest BCUT2D eigenvalue weighted by molar-refractivity contribution is 0.193. The van der Waals surface area contributed by atoms with Crippen LogP contribution in [0.25, 0.3) is 0 Å². The molecule has 0 amide bonds. The molecule has 1 aromatic rings. The SMILES string of the molecule is COc1ccc(C#N)c(C[C@@H](C)O)c1OC. The fraction of sp³-hybridized carbons (Fsp3) is 0.417. The second-order valence-electron chi connectivity index (χ2n) is 3.49. The van der Waals surface area contributed by atoms with Crippen LogP contribution < -0.4 is 9.47 Å². The number of benzene rings is 1. The van der Waals surface area contributed by atoms with Gasteiger partial charge in [-0.1, -0.05) is 0 Å². The molecule has 1 N–H and O–H groups in total. The fourth-order valence-corrected chi connectivity index (χ4v) is 1.59. The average Bonchev–Trinajstić information content (AvgIpc) is 2.27. The lowest BCUT2D eigenvalue weighted by atomic mass is 10.0. The van der Waals surface area contributed by atoms with Gasteiger partial charge in [-0.2, -0.15) is 5.26 Å². The van der Waals surface area contributed by atoms with Crippen LogP contribution in [0.3, 0.4) is 0 Å². The lowest BCUT2D eigenvalue weighted by Gasteiger charge is -2.15. The smallest absolute Gasteiger partial charge is 0.165 e. The van der Waals surface area contributed by atoms with E-state index in [1.165, 1.54) is 14.2 Å². The predicted octanol–water partition coefficient (Wildman–Crippen LogP) is 1.50. The number of nitriles is 1. The van der Waals surface area contributed by atoms with Crippen molar-refractivity contribution in [2.75, 3.05) is 14.2 Å². The van der Waals surface area contributed by atoms with Gasteiger partial charge in [0.2, 0.25) is 0 Å². The Labute approximate surface area is 95.0 Å². The van der Waals surface area contributed by atoms with Crippen LogP contribution in [0.5, 0.6) is 11.5 Å². The minimum atomic E-state index is -0.534. The molecule has 4 nitrogen and oxygen atoms in total. The molecule has 0 unspecified atom stereocenters. The molecule has 16 heavy (non-hydrogen) atoms. The number of ether oxygens (including phenoxy) is 2. The van der Waals surface area contributed by atoms with E-state index < -0.39 is 6.10 Å². The molecule has 1 rings (SSSR count). The molecule has 0 bridgehead atoms. The zero-order valence-corrected chi connectivity index (χ0v) is 9.65. The summed E-state index contributed by atoms with van der Waals surface area (Å²) in [6.07, 6.45) is -0.170. The van der Waals surface area contributed by atoms with E-state index in [4.69, 9.17) is 14.7 Å². The number of rotatable bonds is 4. The van der Waals surface area contributed by atoms with E-state index in [1.54, 1.807) is 19.1 Å². The standard InChI is InChI=1S/C12H15NO3/c1-8(14)6-10-9(7-13)4-5-11(15-2)12(10)16-3/h4-5,8,14H,6H2,1-3H3/t8-/m1/s1. The highest BCUT2D eigenvalue weighted by Gasteiger charge is 2.16. The number of aliphatic hydroxyl groups is 1. The molecule has 1 aromatic carbocycles. The van der Waals surface area contributed by atoms with Gasteiger partial charge in [0.15, 0.2) is 11.5 Å². The highest BCUT2D eigenvalue weighted by atomic mass is 16.5. The van der Waals surface area contributed by atoms with Gasteiger partial charge in [-0.15, -0.1) is 0 Å². The maximum atomic E-state index is 9.40. The van der Waals surface area contributed by atoms with Crippen LogP contribution in [0, 0.1) is 11.3 Å². The van der Waals surface area contributed by atoms with Crippen molar-refractivity contribution in [3.8, 4) is 17.6 Å². The van der Waals surface area contributed by atoms with Gasteiger partial charge < -0.3 is 14.6 Å². The summed E-state index contributed by atoms with van der Waals surface area (Å²) in [4.78, 5) is 0. The quantitative estimate of drug-likeness (QED) is 0.836. The maximum Gasteiger partial charge on any atom is 0.165 e. The Bertz CT molecular complexity index is 407. The van der Waals surface area contributed by atoms with Gasteiger partial charge in [0.1, 0.15) is 0 Å². The van der Waals surface area contributed by atoms with Gasteiger partial charge in [-0.3, -0.25) is 0 Å². The van der Waals surface area contributed by atoms with E-state index >= 15 is 0 Å². The molecule has 0 saturated heterocycles. The number of hydrogen-bond donors (Lipinski definition) is 1. The van der Waals surface area contributed by atoms with Crippen LogP contribution in [0.1, 0.15) is 18.1 Å². The van der Waals surface area contributed by atoms with E-state index in [1.807, 2.05) is 0 Å². The van der Waals surface area contributed by atoms with Crippen molar-refractivity contribution in [1.82, 2.24) is 0 Å². The summed E-state index contributed by atoms with van der Waals surface area (Å²) in [5, 5.41) is 18.4. The fourth-order valence-electron chi connectivity index (χ4n) is 1.59. The number of nitrogens with zero attached hydrogens (tertiary/aromatic N) is 1. The van der Waals surface area contributed by atoms with Crippen LogP contribution in [0.2, 0.25) is 0 Å². The average molecular weight is 221 g/mol. The zero-order valence-electron chi connectivity index (χ0n) is 9.65. The van der Waals surface area contributed by atoms with Crippen molar-refractivity contribution < 1.29 is 14.6 Å². The Morgan fingerprint density at radius 2 is 2.06 bits per heavy atom. The minimum absolute atomic E-state index is 0.364. The highest BCUT2D eigenvalue weighted by Crippen LogP contribution is 2.33. The van der Waals surface area contributed by atoms with E-state index in [0.717, 1.165) is 0 Å². The van der Waals surface area contributed by atoms with Crippen LogP contribution in [-0.2, 0) is 6.42 Å². The summed E-state index contributed by atoms with van der Waals surface area (Å²) >= 11 is 0. The third-order valence-corrected chi connectivity index (χ3v) is 2.27. The number of aliphatic hydroxyl groups excluding tert-OH is 1. The van der Waals surface area contributed by atoms with Gasteiger partial charge in [0, 0.05) is 12.0 Å². The van der Waals surface area contributed by atoms with E-state index in [0.29, 0.717) is 29.0 Å². The van der Waals surface area contributed by atoms with Crippen molar-refractivity contribution >= 4 is 0 Å². The van der Waals surface area contributed by atoms with Gasteiger partial charge in [0.25, 0.3) is 0 Å². The Balaban J connectivity index is 3.32. The number of hydrogen-bond acceptors (Lipinski definition) is 4. The second-order valence-corrected chi connectivity index (χ2v) is 3.49. The lowest BCUT2D eigenvalue weighted by Crippen LogP contribution is -2.08. The Kier molecular flexibility index (Phi) is 4.15. The first kappa shape index (κ1) is 12.3. The van der Waals surface area contributed by atoms with Gasteiger partial charge >= 0.3 is 0 Å². The molecule has 0 saturated carbocycles. The van der Waals surface area contributed by atoms with E-state index in [9.17, 15) is 5.11 Å². The van der Waals surface area contributed by atoms with Crippen LogP contribution in [-0.4, -0.2) is 25.4 Å². The largest absolute Gasteiger partial charge is 0.493 e. The first-order valence-corrected chi connectivity index (χ1v) is 4.96. The Morgan fingerprint density at radius 3 is 2.50 bits per heavy atom. The topological polar surface area (TPSA) is 62.5 Å². The first-order valence-electron chi connectivity index (χ1n) is 4.96. The summed E-state index contributed by atoms with van der Waals surface area (Å²) in [6, 6.07) is 5.43. The maximum absolute atomic E-state index is 9.40. The molecule has 0 aliphatic carbocycles. The zero-order chi connectivity index (χ0) is 12.1. The molecule has 86 valence electrons. The molecule has 1 atom stereocenters. The monoisotopic (exact) mass is 221 g/mol. The van der Waals surface area contributed by atoms with E-state index in [2.05, 4.69) is 6.07 Å². The summed E-state index contributed by atoms with van der Waals surface area (Å²) in [7, 11) is 3.06. The second kappa shape index (κ2) is 5.38. The first-order chi connectivity index (χ1) is 7.63. The number of methoxy groups -OCH3 is 2. The Hall–Kier alpha value is -1.73. The molecule has 4 heteroatoms. The molecule has 0 aromatic heterocycles. The molecule has 0 fully saturated rings. The highest BCUT2D eigenvalue weighted by molar-refractivity contribution is 5.54. The van der Waals surface area contributed by atoms with Crippen molar-refractivity contribution in [1.29, 1.82) is 5.26 Å². The summed E-state index contributed by atoms with van der Waals surface area (Å²) in [5.41, 5.74) is 1.18. The molecular formula is C12H15NO3. The minimum Gasteiger partial charge on any atom is -0.493 e. The Morgan fingerprint density at radius 1 is 1.38 bits per heavy atom. The molecule has 0 aliphatic heterocycles. The summed E-state index contributed by atoms with van der Waals surface area (Å²) < 4.78 is 10.4. The predicted molar refractivity (Wildman–Crippen MR) is 59.6 cm³/mol. The molecule has 0 radical (unpaired) electrons. The summed E-state index contributed by atoms with van der Waals surface area (Å²) in [6.45, 7) is 1.67. The van der Waals surface area contributed by atoms with Crippen molar-refractivity contribution in [3.63, 3.8) is 0 Å². The molecule has 0 aliphatic rings. The van der Waals surface area contributed by atoms with Gasteiger partial charge in [0.05, 0.1) is 32.0 Å². The van der Waals surface area contributed by atoms with Gasteiger partial charge in [-0.05, 0) is 19.1 Å². The van der Waals surface area contributed by atoms with Crippen LogP contribution in [0.4, 0.5) is 0 Å². The van der Waals surface area contributed by atoms with Crippen molar-refractivity contribution in [3.05, 3.63) is 23.3 Å². The van der Waals surface area contributed by atoms with Gasteiger partial charge in [-0.25, -0.2) is 0 Å². The van der Waals surface area contributed by atoms with Crippen molar-refractivity contribution in [2.45, 2.75) is 19.4 Å². The normalized spacial score (nSPS) is 11.7. The third-order valence-electron chi connectivity index (χ3n) is 2.27.